The highest BCUT2D eigenvalue weighted by molar-refractivity contribution is 7.85. The molecule has 0 unspecified atom stereocenters. The molecule has 0 radical (unpaired) electrons. The lowest BCUT2D eigenvalue weighted by atomic mass is 10.1. The van der Waals surface area contributed by atoms with Crippen molar-refractivity contribution in [1.29, 1.82) is 0 Å². The standard InChI is InChI=1S/C5H11N.C3H8O3S/c1-4-5(2,3)6;1-2-3-7(4,5)6/h4H,1,6H2,2-3H3;2-3H2,1H3,(H,4,5,6). The summed E-state index contributed by atoms with van der Waals surface area (Å²) in [7, 11) is -3.67. The molecule has 0 heterocycles. The van der Waals surface area contributed by atoms with Gasteiger partial charge in [0, 0.05) is 5.54 Å². The Hall–Kier alpha value is -0.390. The van der Waals surface area contributed by atoms with E-state index in [0.717, 1.165) is 0 Å². The van der Waals surface area contributed by atoms with Crippen LogP contribution < -0.4 is 5.73 Å². The van der Waals surface area contributed by atoms with Crippen molar-refractivity contribution < 1.29 is 13.0 Å². The van der Waals surface area contributed by atoms with Crippen LogP contribution in [0.1, 0.15) is 27.2 Å². The lowest BCUT2D eigenvalue weighted by Crippen LogP contribution is -2.27. The van der Waals surface area contributed by atoms with Gasteiger partial charge in [0.05, 0.1) is 5.75 Å². The topological polar surface area (TPSA) is 80.4 Å². The predicted molar refractivity (Wildman–Crippen MR) is 55.2 cm³/mol. The van der Waals surface area contributed by atoms with Crippen molar-refractivity contribution in [3.05, 3.63) is 12.7 Å². The van der Waals surface area contributed by atoms with Gasteiger partial charge in [-0.3, -0.25) is 4.55 Å². The average molecular weight is 209 g/mol. The molecule has 80 valence electrons. The first-order valence-corrected chi connectivity index (χ1v) is 5.61. The van der Waals surface area contributed by atoms with Crippen LogP contribution in [0.2, 0.25) is 0 Å². The van der Waals surface area contributed by atoms with Gasteiger partial charge in [-0.2, -0.15) is 8.42 Å². The normalized spacial score (nSPS) is 11.5. The highest BCUT2D eigenvalue weighted by atomic mass is 32.2. The van der Waals surface area contributed by atoms with Crippen LogP contribution in [0.15, 0.2) is 12.7 Å². The summed E-state index contributed by atoms with van der Waals surface area (Å²) in [6.45, 7) is 9.00. The number of nitrogens with two attached hydrogens (primary N) is 1. The summed E-state index contributed by atoms with van der Waals surface area (Å²) in [6, 6.07) is 0. The lowest BCUT2D eigenvalue weighted by molar-refractivity contribution is 0.482. The van der Waals surface area contributed by atoms with Crippen LogP contribution in [0.25, 0.3) is 0 Å². The highest BCUT2D eigenvalue weighted by Gasteiger charge is 1.99. The molecule has 0 atom stereocenters. The first-order chi connectivity index (χ1) is 5.62. The molecule has 4 nitrogen and oxygen atoms in total. The molecule has 0 aliphatic heterocycles. The molecule has 0 bridgehead atoms. The van der Waals surface area contributed by atoms with E-state index in [1.165, 1.54) is 0 Å². The number of rotatable bonds is 3. The van der Waals surface area contributed by atoms with Gasteiger partial charge in [-0.25, -0.2) is 0 Å². The lowest BCUT2D eigenvalue weighted by Gasteiger charge is -2.08. The Morgan fingerprint density at radius 2 is 1.85 bits per heavy atom. The van der Waals surface area contributed by atoms with Crippen LogP contribution >= 0.6 is 0 Å². The molecular formula is C8H19NO3S. The SMILES string of the molecule is C=CC(C)(C)N.CCCS(=O)(=O)O. The van der Waals surface area contributed by atoms with Crippen LogP contribution in [-0.2, 0) is 10.1 Å². The van der Waals surface area contributed by atoms with E-state index in [2.05, 4.69) is 6.58 Å². The summed E-state index contributed by atoms with van der Waals surface area (Å²) >= 11 is 0. The van der Waals surface area contributed by atoms with Gasteiger partial charge in [-0.1, -0.05) is 13.0 Å². The van der Waals surface area contributed by atoms with Gasteiger partial charge in [-0.15, -0.1) is 6.58 Å². The second-order valence-electron chi connectivity index (χ2n) is 3.31. The van der Waals surface area contributed by atoms with Crippen LogP contribution in [-0.4, -0.2) is 24.3 Å². The van der Waals surface area contributed by atoms with E-state index < -0.39 is 10.1 Å². The molecule has 0 saturated heterocycles. The van der Waals surface area contributed by atoms with Crippen molar-refractivity contribution in [2.75, 3.05) is 5.75 Å². The molecule has 0 aliphatic carbocycles. The van der Waals surface area contributed by atoms with E-state index >= 15 is 0 Å². The smallest absolute Gasteiger partial charge is 0.264 e. The number of hydrogen-bond acceptors (Lipinski definition) is 3. The summed E-state index contributed by atoms with van der Waals surface area (Å²) in [5.74, 6) is -0.132. The molecule has 0 aromatic carbocycles. The average Bonchev–Trinajstić information content (AvgIpc) is 1.84. The van der Waals surface area contributed by atoms with Crippen LogP contribution in [0.5, 0.6) is 0 Å². The number of hydrogen-bond donors (Lipinski definition) is 2. The minimum absolute atomic E-state index is 0.132. The summed E-state index contributed by atoms with van der Waals surface area (Å²) < 4.78 is 27.6. The fraction of sp³-hybridized carbons (Fsp3) is 0.750. The van der Waals surface area contributed by atoms with E-state index in [1.54, 1.807) is 13.0 Å². The Kier molecular flexibility index (Phi) is 7.11. The molecule has 0 rings (SSSR count). The molecule has 0 amide bonds. The van der Waals surface area contributed by atoms with Gasteiger partial charge in [0.25, 0.3) is 10.1 Å². The predicted octanol–water partition coefficient (Wildman–Crippen LogP) is 1.19. The molecule has 0 aromatic heterocycles. The minimum atomic E-state index is -3.67. The molecule has 0 spiro atoms. The van der Waals surface area contributed by atoms with Gasteiger partial charge in [-0.05, 0) is 20.3 Å². The Bertz CT molecular complexity index is 226. The maximum atomic E-state index is 9.79. The van der Waals surface area contributed by atoms with Crippen molar-refractivity contribution in [2.24, 2.45) is 5.73 Å². The van der Waals surface area contributed by atoms with Gasteiger partial charge in [0.1, 0.15) is 0 Å². The first kappa shape index (κ1) is 15.1. The molecule has 0 saturated carbocycles. The molecule has 5 heteroatoms. The Balaban J connectivity index is 0. The van der Waals surface area contributed by atoms with E-state index in [-0.39, 0.29) is 11.3 Å². The summed E-state index contributed by atoms with van der Waals surface area (Å²) in [6.07, 6.45) is 2.19. The zero-order chi connectivity index (χ0) is 11.1. The fourth-order valence-corrected chi connectivity index (χ4v) is 0.774. The summed E-state index contributed by atoms with van der Waals surface area (Å²) in [5, 5.41) is 0. The van der Waals surface area contributed by atoms with E-state index in [4.69, 9.17) is 10.3 Å². The monoisotopic (exact) mass is 209 g/mol. The van der Waals surface area contributed by atoms with Crippen LogP contribution in [0.4, 0.5) is 0 Å². The van der Waals surface area contributed by atoms with Crippen molar-refractivity contribution in [3.63, 3.8) is 0 Å². The molecular weight excluding hydrogens is 190 g/mol. The zero-order valence-corrected chi connectivity index (χ0v) is 9.26. The van der Waals surface area contributed by atoms with E-state index in [1.807, 2.05) is 13.8 Å². The quantitative estimate of drug-likeness (QED) is 0.540. The Morgan fingerprint density at radius 1 is 1.54 bits per heavy atom. The van der Waals surface area contributed by atoms with Gasteiger partial charge >= 0.3 is 0 Å². The summed E-state index contributed by atoms with van der Waals surface area (Å²) in [4.78, 5) is 0. The van der Waals surface area contributed by atoms with Crippen molar-refractivity contribution in [1.82, 2.24) is 0 Å². The van der Waals surface area contributed by atoms with Gasteiger partial charge < -0.3 is 5.73 Å². The van der Waals surface area contributed by atoms with Crippen molar-refractivity contribution in [2.45, 2.75) is 32.7 Å². The van der Waals surface area contributed by atoms with Gasteiger partial charge in [0.2, 0.25) is 0 Å². The van der Waals surface area contributed by atoms with E-state index in [0.29, 0.717) is 6.42 Å². The molecule has 3 N–H and O–H groups in total. The minimum Gasteiger partial charge on any atom is -0.322 e. The third kappa shape index (κ3) is 24.5. The second kappa shape index (κ2) is 6.12. The van der Waals surface area contributed by atoms with Crippen molar-refractivity contribution >= 4 is 10.1 Å². The molecule has 0 aliphatic rings. The van der Waals surface area contributed by atoms with Crippen molar-refractivity contribution in [3.8, 4) is 0 Å². The first-order valence-electron chi connectivity index (χ1n) is 4.00. The van der Waals surface area contributed by atoms with Crippen LogP contribution in [0, 0.1) is 0 Å². The zero-order valence-electron chi connectivity index (χ0n) is 8.45. The van der Waals surface area contributed by atoms with E-state index in [9.17, 15) is 8.42 Å². The Labute approximate surface area is 80.6 Å². The van der Waals surface area contributed by atoms with Crippen LogP contribution in [0.3, 0.4) is 0 Å². The second-order valence-corrected chi connectivity index (χ2v) is 4.88. The molecule has 0 aromatic rings. The van der Waals surface area contributed by atoms with Gasteiger partial charge in [0.15, 0.2) is 0 Å². The summed E-state index contributed by atoms with van der Waals surface area (Å²) in [5.41, 5.74) is 5.22. The Morgan fingerprint density at radius 3 is 1.85 bits per heavy atom. The fourth-order valence-electron chi connectivity index (χ4n) is 0.258. The highest BCUT2D eigenvalue weighted by Crippen LogP contribution is 1.93. The third-order valence-electron chi connectivity index (χ3n) is 0.988. The molecule has 0 fully saturated rings. The maximum Gasteiger partial charge on any atom is 0.264 e. The maximum absolute atomic E-state index is 9.79. The largest absolute Gasteiger partial charge is 0.322 e. The molecule has 13 heavy (non-hydrogen) atoms. The third-order valence-corrected chi connectivity index (χ3v) is 1.91.